The van der Waals surface area contributed by atoms with Gasteiger partial charge in [-0.2, -0.15) is 0 Å². The molecule has 3 nitrogen and oxygen atoms in total. The summed E-state index contributed by atoms with van der Waals surface area (Å²) in [4.78, 5) is 4.02. The highest BCUT2D eigenvalue weighted by Crippen LogP contribution is 2.24. The van der Waals surface area contributed by atoms with E-state index < -0.39 is 0 Å². The van der Waals surface area contributed by atoms with Crippen molar-refractivity contribution in [3.8, 4) is 5.88 Å². The van der Waals surface area contributed by atoms with Gasteiger partial charge in [-0.3, -0.25) is 0 Å². The first-order chi connectivity index (χ1) is 5.15. The van der Waals surface area contributed by atoms with Crippen LogP contribution < -0.4 is 10.5 Å². The van der Waals surface area contributed by atoms with E-state index in [2.05, 4.69) is 20.9 Å². The predicted octanol–water partition coefficient (Wildman–Crippen LogP) is 1.74. The average molecular weight is 217 g/mol. The number of methoxy groups -OCH3 is 1. The smallest absolute Gasteiger partial charge is 0.238 e. The molecule has 2 N–H and O–H groups in total. The van der Waals surface area contributed by atoms with Crippen LogP contribution in [0.4, 0.5) is 5.69 Å². The molecule has 4 heteroatoms. The molecule has 0 saturated carbocycles. The van der Waals surface area contributed by atoms with Crippen molar-refractivity contribution in [2.24, 2.45) is 0 Å². The quantitative estimate of drug-likeness (QED) is 0.729. The van der Waals surface area contributed by atoms with Gasteiger partial charge in [-0.1, -0.05) is 0 Å². The summed E-state index contributed by atoms with van der Waals surface area (Å²) in [6.07, 6.45) is 0. The number of hydrogen-bond acceptors (Lipinski definition) is 3. The summed E-state index contributed by atoms with van der Waals surface area (Å²) < 4.78 is 5.68. The van der Waals surface area contributed by atoms with Crippen LogP contribution in [0.2, 0.25) is 0 Å². The van der Waals surface area contributed by atoms with Gasteiger partial charge in [0.25, 0.3) is 0 Å². The maximum Gasteiger partial charge on any atom is 0.238 e. The Balaban J connectivity index is 3.24. The highest BCUT2D eigenvalue weighted by Gasteiger charge is 2.04. The Labute approximate surface area is 73.7 Å². The summed E-state index contributed by atoms with van der Waals surface area (Å²) in [7, 11) is 1.55. The number of nitrogens with zero attached hydrogens (tertiary/aromatic N) is 1. The molecular formula is C7H9BrN2O. The topological polar surface area (TPSA) is 48.1 Å². The van der Waals surface area contributed by atoms with E-state index in [9.17, 15) is 0 Å². The van der Waals surface area contributed by atoms with E-state index >= 15 is 0 Å². The van der Waals surface area contributed by atoms with Gasteiger partial charge in [0.05, 0.1) is 12.8 Å². The van der Waals surface area contributed by atoms with Crippen molar-refractivity contribution in [3.63, 3.8) is 0 Å². The van der Waals surface area contributed by atoms with Crippen molar-refractivity contribution in [2.75, 3.05) is 12.8 Å². The monoisotopic (exact) mass is 216 g/mol. The number of aromatic nitrogens is 1. The zero-order valence-corrected chi connectivity index (χ0v) is 7.97. The fourth-order valence-corrected chi connectivity index (χ4v) is 1.27. The van der Waals surface area contributed by atoms with Gasteiger partial charge in [0.2, 0.25) is 5.88 Å². The lowest BCUT2D eigenvalue weighted by molar-refractivity contribution is 0.399. The minimum Gasteiger partial charge on any atom is -0.479 e. The molecular weight excluding hydrogens is 208 g/mol. The molecule has 0 bridgehead atoms. The van der Waals surface area contributed by atoms with Gasteiger partial charge in [-0.25, -0.2) is 4.98 Å². The standard InChI is InChI=1S/C7H9BrN2O/c1-4-3-5(8)10-7(11-2)6(4)9/h3H,9H2,1-2H3. The Kier molecular flexibility index (Phi) is 2.34. The van der Waals surface area contributed by atoms with Gasteiger partial charge in [-0.15, -0.1) is 0 Å². The molecule has 60 valence electrons. The van der Waals surface area contributed by atoms with E-state index in [0.29, 0.717) is 11.6 Å². The molecule has 0 fully saturated rings. The van der Waals surface area contributed by atoms with Crippen LogP contribution in [0.3, 0.4) is 0 Å². The zero-order valence-electron chi connectivity index (χ0n) is 6.39. The summed E-state index contributed by atoms with van der Waals surface area (Å²) in [5, 5.41) is 0. The van der Waals surface area contributed by atoms with Crippen molar-refractivity contribution < 1.29 is 4.74 Å². The second kappa shape index (κ2) is 3.09. The highest BCUT2D eigenvalue weighted by molar-refractivity contribution is 9.10. The molecule has 0 aromatic carbocycles. The number of nitrogens with two attached hydrogens (primary N) is 1. The maximum absolute atomic E-state index is 5.65. The minimum atomic E-state index is 0.469. The van der Waals surface area contributed by atoms with Crippen LogP contribution in [0.25, 0.3) is 0 Å². The Morgan fingerprint density at radius 1 is 1.64 bits per heavy atom. The van der Waals surface area contributed by atoms with Crippen LogP contribution in [0.15, 0.2) is 10.7 Å². The van der Waals surface area contributed by atoms with Gasteiger partial charge < -0.3 is 10.5 Å². The third kappa shape index (κ3) is 1.63. The molecule has 1 aromatic rings. The molecule has 11 heavy (non-hydrogen) atoms. The van der Waals surface area contributed by atoms with E-state index in [0.717, 1.165) is 10.2 Å². The number of aryl methyl sites for hydroxylation is 1. The molecule has 0 radical (unpaired) electrons. The summed E-state index contributed by atoms with van der Waals surface area (Å²) in [5.74, 6) is 0.469. The van der Waals surface area contributed by atoms with Crippen molar-refractivity contribution in [2.45, 2.75) is 6.92 Å². The van der Waals surface area contributed by atoms with E-state index in [1.165, 1.54) is 0 Å². The zero-order chi connectivity index (χ0) is 8.43. The van der Waals surface area contributed by atoms with Crippen LogP contribution in [0.5, 0.6) is 5.88 Å². The van der Waals surface area contributed by atoms with Gasteiger partial charge in [0.15, 0.2) is 0 Å². The van der Waals surface area contributed by atoms with Crippen LogP contribution >= 0.6 is 15.9 Å². The van der Waals surface area contributed by atoms with Crippen LogP contribution in [-0.2, 0) is 0 Å². The molecule has 0 atom stereocenters. The van der Waals surface area contributed by atoms with Gasteiger partial charge in [0, 0.05) is 0 Å². The van der Waals surface area contributed by atoms with E-state index in [4.69, 9.17) is 10.5 Å². The van der Waals surface area contributed by atoms with E-state index in [1.54, 1.807) is 7.11 Å². The normalized spacial score (nSPS) is 9.73. The van der Waals surface area contributed by atoms with Crippen molar-refractivity contribution in [1.82, 2.24) is 4.98 Å². The molecule has 1 aromatic heterocycles. The molecule has 0 aliphatic heterocycles. The maximum atomic E-state index is 5.65. The SMILES string of the molecule is COc1nc(Br)cc(C)c1N. The number of hydrogen-bond donors (Lipinski definition) is 1. The predicted molar refractivity (Wildman–Crippen MR) is 47.6 cm³/mol. The van der Waals surface area contributed by atoms with Crippen LogP contribution in [0, 0.1) is 6.92 Å². The number of halogens is 1. The lowest BCUT2D eigenvalue weighted by Crippen LogP contribution is -1.97. The minimum absolute atomic E-state index is 0.469. The molecule has 0 amide bonds. The van der Waals surface area contributed by atoms with E-state index in [1.807, 2.05) is 13.0 Å². The second-order valence-electron chi connectivity index (χ2n) is 2.18. The highest BCUT2D eigenvalue weighted by atomic mass is 79.9. The summed E-state index contributed by atoms with van der Waals surface area (Å²) in [6.45, 7) is 1.91. The van der Waals surface area contributed by atoms with Gasteiger partial charge in [-0.05, 0) is 34.5 Å². The average Bonchev–Trinajstić information content (AvgIpc) is 1.96. The van der Waals surface area contributed by atoms with Gasteiger partial charge >= 0.3 is 0 Å². The number of ether oxygens (including phenoxy) is 1. The third-order valence-electron chi connectivity index (χ3n) is 1.39. The molecule has 1 rings (SSSR count). The Morgan fingerprint density at radius 2 is 2.27 bits per heavy atom. The molecule has 0 spiro atoms. The third-order valence-corrected chi connectivity index (χ3v) is 1.80. The first-order valence-electron chi connectivity index (χ1n) is 3.11. The molecule has 1 heterocycles. The lowest BCUT2D eigenvalue weighted by atomic mass is 10.2. The fraction of sp³-hybridized carbons (Fsp3) is 0.286. The Bertz CT molecular complexity index is 275. The number of anilines is 1. The first kappa shape index (κ1) is 8.33. The number of pyridine rings is 1. The Morgan fingerprint density at radius 3 is 2.82 bits per heavy atom. The summed E-state index contributed by atoms with van der Waals surface area (Å²) in [6, 6.07) is 1.85. The molecule has 0 aliphatic rings. The van der Waals surface area contributed by atoms with Gasteiger partial charge in [0.1, 0.15) is 4.60 Å². The largest absolute Gasteiger partial charge is 0.479 e. The van der Waals surface area contributed by atoms with Crippen molar-refractivity contribution in [1.29, 1.82) is 0 Å². The molecule has 0 saturated heterocycles. The molecule has 0 aliphatic carbocycles. The lowest BCUT2D eigenvalue weighted by Gasteiger charge is -2.05. The number of rotatable bonds is 1. The van der Waals surface area contributed by atoms with E-state index in [-0.39, 0.29) is 0 Å². The van der Waals surface area contributed by atoms with Crippen LogP contribution in [-0.4, -0.2) is 12.1 Å². The summed E-state index contributed by atoms with van der Waals surface area (Å²) in [5.41, 5.74) is 7.21. The number of nitrogen functional groups attached to an aromatic ring is 1. The van der Waals surface area contributed by atoms with Crippen molar-refractivity contribution >= 4 is 21.6 Å². The summed E-state index contributed by atoms with van der Waals surface area (Å²) >= 11 is 3.24. The second-order valence-corrected chi connectivity index (χ2v) is 3.00. The fourth-order valence-electron chi connectivity index (χ4n) is 0.770. The Hall–Kier alpha value is -0.770. The first-order valence-corrected chi connectivity index (χ1v) is 3.91. The van der Waals surface area contributed by atoms with Crippen LogP contribution in [0.1, 0.15) is 5.56 Å². The molecule has 0 unspecified atom stereocenters. The van der Waals surface area contributed by atoms with Crippen molar-refractivity contribution in [3.05, 3.63) is 16.2 Å².